The van der Waals surface area contributed by atoms with Gasteiger partial charge in [-0.2, -0.15) is 0 Å². The van der Waals surface area contributed by atoms with Crippen LogP contribution in [0.4, 0.5) is 4.79 Å². The highest BCUT2D eigenvalue weighted by atomic mass is 16.6. The van der Waals surface area contributed by atoms with Crippen LogP contribution in [0.5, 0.6) is 0 Å². The van der Waals surface area contributed by atoms with Gasteiger partial charge in [-0.15, -0.1) is 0 Å². The molecule has 0 radical (unpaired) electrons. The zero-order chi connectivity index (χ0) is 12.3. The van der Waals surface area contributed by atoms with E-state index in [-0.39, 0.29) is 12.0 Å². The number of aliphatic hydroxyl groups is 2. The fourth-order valence-corrected chi connectivity index (χ4v) is 1.75. The second-order valence-corrected chi connectivity index (χ2v) is 5.24. The highest BCUT2D eigenvalue weighted by Crippen LogP contribution is 2.20. The van der Waals surface area contributed by atoms with E-state index in [2.05, 4.69) is 0 Å². The molecule has 1 fully saturated rings. The van der Waals surface area contributed by atoms with Crippen LogP contribution in [-0.2, 0) is 4.74 Å². The van der Waals surface area contributed by atoms with Crippen molar-refractivity contribution in [2.75, 3.05) is 13.1 Å². The van der Waals surface area contributed by atoms with Gasteiger partial charge in [0.1, 0.15) is 5.60 Å². The molecule has 1 heterocycles. The number of piperidine rings is 1. The zero-order valence-electron chi connectivity index (χ0n) is 10.1. The van der Waals surface area contributed by atoms with Gasteiger partial charge >= 0.3 is 6.09 Å². The fraction of sp³-hybridized carbons (Fsp3) is 0.909. The molecule has 1 atom stereocenters. The van der Waals surface area contributed by atoms with Crippen LogP contribution in [0.1, 0.15) is 33.6 Å². The van der Waals surface area contributed by atoms with Gasteiger partial charge in [-0.3, -0.25) is 0 Å². The molecule has 0 aromatic rings. The summed E-state index contributed by atoms with van der Waals surface area (Å²) in [6.07, 6.45) is -0.221. The van der Waals surface area contributed by atoms with E-state index < -0.39 is 11.9 Å². The minimum Gasteiger partial charge on any atom is -0.444 e. The lowest BCUT2D eigenvalue weighted by molar-refractivity contribution is -0.100. The molecule has 0 bridgehead atoms. The SMILES string of the molecule is CC(C)(C)OC(=O)N1CCC[C@@H](C(O)O)C1. The minimum absolute atomic E-state index is 0.263. The molecular weight excluding hydrogens is 210 g/mol. The normalized spacial score (nSPS) is 22.4. The fourth-order valence-electron chi connectivity index (χ4n) is 1.75. The van der Waals surface area contributed by atoms with Gasteiger partial charge in [0.15, 0.2) is 6.29 Å². The first-order valence-corrected chi connectivity index (χ1v) is 5.63. The molecule has 1 amide bonds. The number of carbonyl (C=O) groups excluding carboxylic acids is 1. The summed E-state index contributed by atoms with van der Waals surface area (Å²) in [6, 6.07) is 0. The average molecular weight is 231 g/mol. The van der Waals surface area contributed by atoms with E-state index >= 15 is 0 Å². The maximum atomic E-state index is 11.7. The molecule has 0 unspecified atom stereocenters. The Kier molecular flexibility index (Phi) is 4.15. The second kappa shape index (κ2) is 5.01. The lowest BCUT2D eigenvalue weighted by Crippen LogP contribution is -2.45. The second-order valence-electron chi connectivity index (χ2n) is 5.24. The quantitative estimate of drug-likeness (QED) is 0.659. The topological polar surface area (TPSA) is 70.0 Å². The van der Waals surface area contributed by atoms with Crippen molar-refractivity contribution in [1.82, 2.24) is 4.90 Å². The number of amides is 1. The molecule has 1 saturated heterocycles. The third kappa shape index (κ3) is 3.98. The number of ether oxygens (including phenoxy) is 1. The van der Waals surface area contributed by atoms with Crippen LogP contribution in [0.25, 0.3) is 0 Å². The van der Waals surface area contributed by atoms with Gasteiger partial charge in [0, 0.05) is 19.0 Å². The Morgan fingerprint density at radius 2 is 2.06 bits per heavy atom. The van der Waals surface area contributed by atoms with E-state index in [1.807, 2.05) is 20.8 Å². The Hall–Kier alpha value is -0.810. The highest BCUT2D eigenvalue weighted by molar-refractivity contribution is 5.68. The van der Waals surface area contributed by atoms with Crippen molar-refractivity contribution in [3.63, 3.8) is 0 Å². The summed E-state index contributed by atoms with van der Waals surface area (Å²) >= 11 is 0. The van der Waals surface area contributed by atoms with E-state index in [0.717, 1.165) is 12.8 Å². The summed E-state index contributed by atoms with van der Waals surface area (Å²) in [7, 11) is 0. The van der Waals surface area contributed by atoms with Crippen LogP contribution < -0.4 is 0 Å². The van der Waals surface area contributed by atoms with Crippen LogP contribution in [-0.4, -0.2) is 46.2 Å². The number of hydrogen-bond donors (Lipinski definition) is 2. The average Bonchev–Trinajstić information content (AvgIpc) is 2.15. The summed E-state index contributed by atoms with van der Waals surface area (Å²) < 4.78 is 5.23. The van der Waals surface area contributed by atoms with Gasteiger partial charge in [0.05, 0.1) is 0 Å². The molecule has 0 spiro atoms. The molecule has 2 N–H and O–H groups in total. The summed E-state index contributed by atoms with van der Waals surface area (Å²) in [5.74, 6) is -0.263. The summed E-state index contributed by atoms with van der Waals surface area (Å²) in [5, 5.41) is 18.2. The number of hydrogen-bond acceptors (Lipinski definition) is 4. The van der Waals surface area contributed by atoms with Crippen LogP contribution in [0.15, 0.2) is 0 Å². The monoisotopic (exact) mass is 231 g/mol. The maximum absolute atomic E-state index is 11.7. The third-order valence-corrected chi connectivity index (χ3v) is 2.53. The van der Waals surface area contributed by atoms with Gasteiger partial charge in [0.2, 0.25) is 0 Å². The van der Waals surface area contributed by atoms with Gasteiger partial charge in [-0.1, -0.05) is 0 Å². The molecule has 0 aromatic carbocycles. The highest BCUT2D eigenvalue weighted by Gasteiger charge is 2.30. The molecule has 1 rings (SSSR count). The first-order valence-electron chi connectivity index (χ1n) is 5.63. The molecule has 1 aliphatic rings. The summed E-state index contributed by atoms with van der Waals surface area (Å²) in [5.41, 5.74) is -0.512. The van der Waals surface area contributed by atoms with Crippen molar-refractivity contribution in [3.8, 4) is 0 Å². The Morgan fingerprint density at radius 1 is 1.44 bits per heavy atom. The molecular formula is C11H21NO4. The van der Waals surface area contributed by atoms with Crippen LogP contribution >= 0.6 is 0 Å². The third-order valence-electron chi connectivity index (χ3n) is 2.53. The number of aliphatic hydroxyl groups excluding tert-OH is 1. The Bertz CT molecular complexity index is 247. The Labute approximate surface area is 96.0 Å². The van der Waals surface area contributed by atoms with E-state index in [9.17, 15) is 4.79 Å². The number of nitrogens with zero attached hydrogens (tertiary/aromatic N) is 1. The predicted molar refractivity (Wildman–Crippen MR) is 58.8 cm³/mol. The lowest BCUT2D eigenvalue weighted by atomic mass is 9.98. The zero-order valence-corrected chi connectivity index (χ0v) is 10.1. The van der Waals surface area contributed by atoms with Gasteiger partial charge in [-0.25, -0.2) is 4.79 Å². The molecule has 0 aromatic heterocycles. The number of likely N-dealkylation sites (tertiary alicyclic amines) is 1. The predicted octanol–water partition coefficient (Wildman–Crippen LogP) is 0.944. The van der Waals surface area contributed by atoms with Crippen LogP contribution in [0, 0.1) is 5.92 Å². The Balaban J connectivity index is 2.50. The number of rotatable bonds is 1. The first kappa shape index (κ1) is 13.3. The van der Waals surface area contributed by atoms with Crippen molar-refractivity contribution in [1.29, 1.82) is 0 Å². The molecule has 1 aliphatic heterocycles. The molecule has 94 valence electrons. The Morgan fingerprint density at radius 3 is 2.56 bits per heavy atom. The van der Waals surface area contributed by atoms with Gasteiger partial charge in [-0.05, 0) is 33.6 Å². The van der Waals surface area contributed by atoms with Crippen molar-refractivity contribution in [2.45, 2.75) is 45.5 Å². The molecule has 5 nitrogen and oxygen atoms in total. The van der Waals surface area contributed by atoms with Gasteiger partial charge < -0.3 is 19.8 Å². The van der Waals surface area contributed by atoms with Crippen molar-refractivity contribution in [3.05, 3.63) is 0 Å². The van der Waals surface area contributed by atoms with E-state index in [0.29, 0.717) is 13.1 Å². The summed E-state index contributed by atoms with van der Waals surface area (Å²) in [6.45, 7) is 6.42. The lowest BCUT2D eigenvalue weighted by Gasteiger charge is -2.34. The van der Waals surface area contributed by atoms with E-state index in [4.69, 9.17) is 14.9 Å². The smallest absolute Gasteiger partial charge is 0.410 e. The van der Waals surface area contributed by atoms with Crippen LogP contribution in [0.2, 0.25) is 0 Å². The largest absolute Gasteiger partial charge is 0.444 e. The van der Waals surface area contributed by atoms with E-state index in [1.165, 1.54) is 0 Å². The van der Waals surface area contributed by atoms with Crippen molar-refractivity contribution >= 4 is 6.09 Å². The molecule has 5 heteroatoms. The van der Waals surface area contributed by atoms with Crippen molar-refractivity contribution in [2.24, 2.45) is 5.92 Å². The van der Waals surface area contributed by atoms with E-state index in [1.54, 1.807) is 4.90 Å². The maximum Gasteiger partial charge on any atom is 0.410 e. The molecule has 16 heavy (non-hydrogen) atoms. The summed E-state index contributed by atoms with van der Waals surface area (Å²) in [4.78, 5) is 13.3. The van der Waals surface area contributed by atoms with Crippen molar-refractivity contribution < 1.29 is 19.7 Å². The molecule has 0 saturated carbocycles. The first-order chi connectivity index (χ1) is 7.29. The standard InChI is InChI=1S/C11H21NO4/c1-11(2,3)16-10(15)12-6-4-5-8(7-12)9(13)14/h8-9,13-14H,4-7H2,1-3H3/t8-/m1/s1. The number of carbonyl (C=O) groups is 1. The van der Waals surface area contributed by atoms with Gasteiger partial charge in [0.25, 0.3) is 0 Å². The molecule has 0 aliphatic carbocycles. The minimum atomic E-state index is -1.36. The van der Waals surface area contributed by atoms with Crippen LogP contribution in [0.3, 0.4) is 0 Å².